The molecule has 0 saturated carbocycles. The normalized spacial score (nSPS) is 21.6. The Kier molecular flexibility index (Phi) is 5.30. The van der Waals surface area contributed by atoms with Crippen LogP contribution in [0, 0.1) is 5.82 Å². The van der Waals surface area contributed by atoms with Gasteiger partial charge in [0.1, 0.15) is 6.10 Å². The number of rotatable bonds is 3. The number of benzene rings is 1. The van der Waals surface area contributed by atoms with Crippen LogP contribution in [0.2, 0.25) is 0 Å². The molecule has 1 aromatic carbocycles. The first-order chi connectivity index (χ1) is 10.8. The average Bonchev–Trinajstić information content (AvgIpc) is 2.48. The smallest absolute Gasteiger partial charge is 0.438 e. The number of ether oxygens (including phenoxy) is 3. The van der Waals surface area contributed by atoms with Gasteiger partial charge in [-0.05, 0) is 24.1 Å². The summed E-state index contributed by atoms with van der Waals surface area (Å²) < 4.78 is 63.1. The molecule has 2 unspecified atom stereocenters. The molecule has 0 spiro atoms. The molecule has 1 saturated heterocycles. The van der Waals surface area contributed by atoms with Crippen molar-refractivity contribution in [3.05, 3.63) is 29.6 Å². The van der Waals surface area contributed by atoms with Crippen molar-refractivity contribution in [1.82, 2.24) is 5.32 Å². The third-order valence-electron chi connectivity index (χ3n) is 3.39. The highest BCUT2D eigenvalue weighted by atomic mass is 19.4. The zero-order chi connectivity index (χ0) is 17.0. The first-order valence-corrected chi connectivity index (χ1v) is 6.79. The Hall–Kier alpha value is -2.03. The van der Waals surface area contributed by atoms with Crippen molar-refractivity contribution in [3.63, 3.8) is 0 Å². The molecule has 5 nitrogen and oxygen atoms in total. The van der Waals surface area contributed by atoms with Crippen LogP contribution in [0.15, 0.2) is 18.2 Å². The number of alkyl halides is 3. The third-order valence-corrected chi connectivity index (χ3v) is 3.39. The maximum atomic E-state index is 13.7. The van der Waals surface area contributed by atoms with Crippen molar-refractivity contribution in [2.24, 2.45) is 0 Å². The van der Waals surface area contributed by atoms with Crippen LogP contribution in [0.1, 0.15) is 17.9 Å². The Morgan fingerprint density at radius 3 is 2.65 bits per heavy atom. The van der Waals surface area contributed by atoms with E-state index < -0.39 is 30.2 Å². The minimum absolute atomic E-state index is 0.215. The molecule has 2 rings (SSSR count). The molecule has 0 amide bonds. The Bertz CT molecular complexity index is 564. The van der Waals surface area contributed by atoms with E-state index in [1.165, 1.54) is 13.2 Å². The van der Waals surface area contributed by atoms with Crippen LogP contribution in [0.4, 0.5) is 22.4 Å². The van der Waals surface area contributed by atoms with E-state index in [4.69, 9.17) is 4.74 Å². The second-order valence-electron chi connectivity index (χ2n) is 5.02. The quantitative estimate of drug-likeness (QED) is 0.679. The zero-order valence-corrected chi connectivity index (χ0v) is 12.2. The highest BCUT2D eigenvalue weighted by molar-refractivity contribution is 5.59. The molecule has 1 aliphatic rings. The number of halogens is 4. The Labute approximate surface area is 129 Å². The highest BCUT2D eigenvalue weighted by Crippen LogP contribution is 2.31. The summed E-state index contributed by atoms with van der Waals surface area (Å²) in [4.78, 5) is 11.1. The van der Waals surface area contributed by atoms with Gasteiger partial charge >= 0.3 is 12.5 Å². The SMILES string of the molecule is COC(=O)OC1CNCC(c2ccc(OC(F)(F)F)c(F)c2)C1. The molecule has 0 radical (unpaired) electrons. The van der Waals surface area contributed by atoms with Crippen LogP contribution < -0.4 is 10.1 Å². The summed E-state index contributed by atoms with van der Waals surface area (Å²) in [5.74, 6) is -2.20. The second-order valence-corrected chi connectivity index (χ2v) is 5.02. The number of carbonyl (C=O) groups excluding carboxylic acids is 1. The molecule has 1 fully saturated rings. The molecular formula is C14H15F4NO4. The summed E-state index contributed by atoms with van der Waals surface area (Å²) in [6, 6.07) is 3.29. The van der Waals surface area contributed by atoms with Crippen molar-refractivity contribution in [3.8, 4) is 5.75 Å². The standard InChI is InChI=1S/C14H15F4NO4/c1-21-13(20)22-10-4-9(6-19-7-10)8-2-3-12(11(15)5-8)23-14(16,17)18/h2-3,5,9-10,19H,4,6-7H2,1H3. The molecule has 1 N–H and O–H groups in total. The lowest BCUT2D eigenvalue weighted by atomic mass is 9.90. The van der Waals surface area contributed by atoms with E-state index in [9.17, 15) is 22.4 Å². The second kappa shape index (κ2) is 7.03. The molecule has 0 bridgehead atoms. The van der Waals surface area contributed by atoms with Gasteiger partial charge in [-0.15, -0.1) is 13.2 Å². The van der Waals surface area contributed by atoms with Gasteiger partial charge in [-0.25, -0.2) is 9.18 Å². The minimum Gasteiger partial charge on any atom is -0.438 e. The first-order valence-electron chi connectivity index (χ1n) is 6.79. The lowest BCUT2D eigenvalue weighted by molar-refractivity contribution is -0.275. The Morgan fingerprint density at radius 2 is 2.04 bits per heavy atom. The van der Waals surface area contributed by atoms with E-state index in [0.29, 0.717) is 25.1 Å². The van der Waals surface area contributed by atoms with Gasteiger partial charge in [0.05, 0.1) is 7.11 Å². The maximum absolute atomic E-state index is 13.7. The molecule has 1 heterocycles. The topological polar surface area (TPSA) is 56.8 Å². The van der Waals surface area contributed by atoms with Crippen LogP contribution >= 0.6 is 0 Å². The predicted molar refractivity (Wildman–Crippen MR) is 70.6 cm³/mol. The third kappa shape index (κ3) is 4.98. The van der Waals surface area contributed by atoms with Crippen LogP contribution in [0.5, 0.6) is 5.75 Å². The molecular weight excluding hydrogens is 322 g/mol. The van der Waals surface area contributed by atoms with Crippen LogP contribution in [0.25, 0.3) is 0 Å². The fourth-order valence-corrected chi connectivity index (χ4v) is 2.41. The van der Waals surface area contributed by atoms with Gasteiger partial charge in [0.2, 0.25) is 0 Å². The van der Waals surface area contributed by atoms with E-state index in [1.54, 1.807) is 0 Å². The number of methoxy groups -OCH3 is 1. The lowest BCUT2D eigenvalue weighted by Gasteiger charge is -2.29. The zero-order valence-electron chi connectivity index (χ0n) is 12.2. The molecule has 0 aliphatic carbocycles. The van der Waals surface area contributed by atoms with Crippen molar-refractivity contribution < 1.29 is 36.6 Å². The number of nitrogens with one attached hydrogen (secondary N) is 1. The minimum atomic E-state index is -4.95. The first kappa shape index (κ1) is 17.3. The van der Waals surface area contributed by atoms with Gasteiger partial charge in [-0.1, -0.05) is 6.07 Å². The van der Waals surface area contributed by atoms with Crippen molar-refractivity contribution in [2.45, 2.75) is 24.8 Å². The van der Waals surface area contributed by atoms with Gasteiger partial charge in [0, 0.05) is 19.0 Å². The molecule has 1 aromatic rings. The average molecular weight is 337 g/mol. The van der Waals surface area contributed by atoms with Crippen molar-refractivity contribution >= 4 is 6.16 Å². The summed E-state index contributed by atoms with van der Waals surface area (Å²) in [5, 5.41) is 3.02. The van der Waals surface area contributed by atoms with Crippen LogP contribution in [0.3, 0.4) is 0 Å². The van der Waals surface area contributed by atoms with Crippen LogP contribution in [-0.2, 0) is 9.47 Å². The van der Waals surface area contributed by atoms with Gasteiger partial charge in [0.15, 0.2) is 11.6 Å². The highest BCUT2D eigenvalue weighted by Gasteiger charge is 2.33. The number of carbonyl (C=O) groups is 1. The van der Waals surface area contributed by atoms with Gasteiger partial charge in [0.25, 0.3) is 0 Å². The summed E-state index contributed by atoms with van der Waals surface area (Å²) in [6.45, 7) is 0.906. The Balaban J connectivity index is 2.06. The molecule has 23 heavy (non-hydrogen) atoms. The van der Waals surface area contributed by atoms with Crippen LogP contribution in [-0.4, -0.2) is 38.8 Å². The summed E-state index contributed by atoms with van der Waals surface area (Å²) in [7, 11) is 1.19. The van der Waals surface area contributed by atoms with Crippen molar-refractivity contribution in [1.29, 1.82) is 0 Å². The fraction of sp³-hybridized carbons (Fsp3) is 0.500. The van der Waals surface area contributed by atoms with Gasteiger partial charge in [-0.3, -0.25) is 0 Å². The van der Waals surface area contributed by atoms with Crippen molar-refractivity contribution in [2.75, 3.05) is 20.2 Å². The van der Waals surface area contributed by atoms with E-state index in [-0.39, 0.29) is 5.92 Å². The number of piperidine rings is 1. The monoisotopic (exact) mass is 337 g/mol. The Morgan fingerprint density at radius 1 is 1.30 bits per heavy atom. The van der Waals surface area contributed by atoms with Gasteiger partial charge in [-0.2, -0.15) is 0 Å². The molecule has 1 aliphatic heterocycles. The molecule has 0 aromatic heterocycles. The molecule has 9 heteroatoms. The maximum Gasteiger partial charge on any atom is 0.573 e. The molecule has 2 atom stereocenters. The largest absolute Gasteiger partial charge is 0.573 e. The predicted octanol–water partition coefficient (Wildman–Crippen LogP) is 2.95. The van der Waals surface area contributed by atoms with E-state index in [0.717, 1.165) is 12.1 Å². The van der Waals surface area contributed by atoms with E-state index in [1.807, 2.05) is 0 Å². The number of hydrogen-bond acceptors (Lipinski definition) is 5. The summed E-state index contributed by atoms with van der Waals surface area (Å²) in [5.41, 5.74) is 0.489. The summed E-state index contributed by atoms with van der Waals surface area (Å²) >= 11 is 0. The van der Waals surface area contributed by atoms with Gasteiger partial charge < -0.3 is 19.5 Å². The van der Waals surface area contributed by atoms with E-state index in [2.05, 4.69) is 14.8 Å². The van der Waals surface area contributed by atoms with E-state index >= 15 is 0 Å². The molecule has 128 valence electrons. The number of hydrogen-bond donors (Lipinski definition) is 1. The fourth-order valence-electron chi connectivity index (χ4n) is 2.41. The lowest BCUT2D eigenvalue weighted by Crippen LogP contribution is -2.40. The summed E-state index contributed by atoms with van der Waals surface area (Å²) in [6.07, 6.45) is -5.83.